The summed E-state index contributed by atoms with van der Waals surface area (Å²) in [4.78, 5) is 39.7. The second-order valence-electron chi connectivity index (χ2n) is 6.46. The van der Waals surface area contributed by atoms with E-state index >= 15 is 0 Å². The van der Waals surface area contributed by atoms with Crippen LogP contribution in [0.3, 0.4) is 0 Å². The van der Waals surface area contributed by atoms with Crippen LogP contribution in [0.1, 0.15) is 13.3 Å². The maximum atomic E-state index is 13.2. The molecule has 1 aliphatic heterocycles. The average Bonchev–Trinajstić information content (AvgIpc) is 3.42. The molecule has 3 rings (SSSR count). The van der Waals surface area contributed by atoms with Gasteiger partial charge >= 0.3 is 6.09 Å². The summed E-state index contributed by atoms with van der Waals surface area (Å²) in [7, 11) is 0. The molecular weight excluding hydrogens is 341 g/mol. The van der Waals surface area contributed by atoms with Crippen molar-refractivity contribution >= 4 is 23.6 Å². The first-order chi connectivity index (χ1) is 12.5. The van der Waals surface area contributed by atoms with Gasteiger partial charge in [-0.3, -0.25) is 9.59 Å². The molecule has 1 aromatic carbocycles. The number of rotatable bonds is 4. The zero-order valence-corrected chi connectivity index (χ0v) is 14.6. The molecule has 2 atom stereocenters. The molecule has 1 N–H and O–H groups in total. The first-order valence-electron chi connectivity index (χ1n) is 8.76. The van der Waals surface area contributed by atoms with Crippen LogP contribution >= 0.6 is 0 Å². The summed E-state index contributed by atoms with van der Waals surface area (Å²) in [5.41, 5.74) is 0.385. The van der Waals surface area contributed by atoms with Crippen LogP contribution in [0.2, 0.25) is 0 Å². The molecule has 140 valence electrons. The van der Waals surface area contributed by atoms with Crippen LogP contribution in [-0.4, -0.2) is 60.5 Å². The minimum absolute atomic E-state index is 0.0621. The van der Waals surface area contributed by atoms with Gasteiger partial charge in [-0.15, -0.1) is 0 Å². The highest BCUT2D eigenvalue weighted by molar-refractivity contribution is 5.99. The third-order valence-electron chi connectivity index (χ3n) is 4.65. The van der Waals surface area contributed by atoms with Crippen LogP contribution < -0.4 is 5.32 Å². The number of hydrogen-bond donors (Lipinski definition) is 1. The molecule has 8 heteroatoms. The Morgan fingerprint density at radius 3 is 2.50 bits per heavy atom. The Hall–Kier alpha value is -2.64. The number of carbonyl (C=O) groups excluding carboxylic acids is 3. The van der Waals surface area contributed by atoms with Crippen LogP contribution in [0.5, 0.6) is 0 Å². The fourth-order valence-electron chi connectivity index (χ4n) is 3.12. The van der Waals surface area contributed by atoms with Gasteiger partial charge in [0.2, 0.25) is 11.8 Å². The summed E-state index contributed by atoms with van der Waals surface area (Å²) < 4.78 is 18.1. The SMILES string of the molecule is CCOC(=O)N1CCN(C(=O)C2CC2C(=O)Nc2cccc(F)c2)CC1. The van der Waals surface area contributed by atoms with Crippen LogP contribution in [0.4, 0.5) is 14.9 Å². The van der Waals surface area contributed by atoms with Crippen molar-refractivity contribution in [2.45, 2.75) is 13.3 Å². The molecular formula is C18H22FN3O4. The number of benzene rings is 1. The first kappa shape index (κ1) is 18.2. The van der Waals surface area contributed by atoms with Gasteiger partial charge in [-0.25, -0.2) is 9.18 Å². The summed E-state index contributed by atoms with van der Waals surface area (Å²) in [6.07, 6.45) is 0.135. The summed E-state index contributed by atoms with van der Waals surface area (Å²) in [5.74, 6) is -1.47. The maximum absolute atomic E-state index is 13.2. The molecule has 0 spiro atoms. The van der Waals surface area contributed by atoms with Crippen LogP contribution in [-0.2, 0) is 14.3 Å². The molecule has 2 fully saturated rings. The number of carbonyl (C=O) groups is 3. The first-order valence-corrected chi connectivity index (χ1v) is 8.76. The number of amides is 3. The predicted molar refractivity (Wildman–Crippen MR) is 91.8 cm³/mol. The van der Waals surface area contributed by atoms with Crippen molar-refractivity contribution in [3.63, 3.8) is 0 Å². The minimum atomic E-state index is -0.425. The lowest BCUT2D eigenvalue weighted by molar-refractivity contribution is -0.135. The fourth-order valence-corrected chi connectivity index (χ4v) is 3.12. The lowest BCUT2D eigenvalue weighted by Crippen LogP contribution is -2.51. The van der Waals surface area contributed by atoms with E-state index in [1.807, 2.05) is 0 Å². The number of nitrogens with zero attached hydrogens (tertiary/aromatic N) is 2. The Bertz CT molecular complexity index is 703. The van der Waals surface area contributed by atoms with E-state index in [1.165, 1.54) is 18.2 Å². The van der Waals surface area contributed by atoms with Gasteiger partial charge in [0.15, 0.2) is 0 Å². The highest BCUT2D eigenvalue weighted by atomic mass is 19.1. The monoisotopic (exact) mass is 363 g/mol. The Balaban J connectivity index is 1.47. The van der Waals surface area contributed by atoms with Crippen molar-refractivity contribution in [3.8, 4) is 0 Å². The van der Waals surface area contributed by atoms with Gasteiger partial charge in [0, 0.05) is 31.9 Å². The van der Waals surface area contributed by atoms with Crippen molar-refractivity contribution < 1.29 is 23.5 Å². The molecule has 0 bridgehead atoms. The normalized spacial score (nSPS) is 21.9. The van der Waals surface area contributed by atoms with E-state index in [0.717, 1.165) is 0 Å². The second-order valence-corrected chi connectivity index (χ2v) is 6.46. The van der Waals surface area contributed by atoms with Crippen molar-refractivity contribution in [1.29, 1.82) is 0 Å². The quantitative estimate of drug-likeness (QED) is 0.883. The molecule has 1 aromatic rings. The van der Waals surface area contributed by atoms with Crippen LogP contribution in [0.25, 0.3) is 0 Å². The van der Waals surface area contributed by atoms with Gasteiger partial charge in [0.05, 0.1) is 18.4 Å². The largest absolute Gasteiger partial charge is 0.450 e. The molecule has 1 aliphatic carbocycles. The predicted octanol–water partition coefficient (Wildman–Crippen LogP) is 1.70. The Morgan fingerprint density at radius 2 is 1.85 bits per heavy atom. The molecule has 0 radical (unpaired) electrons. The van der Waals surface area contributed by atoms with E-state index in [9.17, 15) is 18.8 Å². The van der Waals surface area contributed by atoms with Gasteiger partial charge < -0.3 is 19.9 Å². The topological polar surface area (TPSA) is 79.0 Å². The lowest BCUT2D eigenvalue weighted by atomic mass is 10.2. The van der Waals surface area contributed by atoms with Gasteiger partial charge in [-0.05, 0) is 31.5 Å². The van der Waals surface area contributed by atoms with Gasteiger partial charge in [0.1, 0.15) is 5.82 Å². The molecule has 3 amide bonds. The molecule has 0 aromatic heterocycles. The third-order valence-corrected chi connectivity index (χ3v) is 4.65. The molecule has 1 heterocycles. The molecule has 2 unspecified atom stereocenters. The lowest BCUT2D eigenvalue weighted by Gasteiger charge is -2.34. The van der Waals surface area contributed by atoms with Crippen molar-refractivity contribution in [3.05, 3.63) is 30.1 Å². The Kier molecular flexibility index (Phi) is 5.39. The van der Waals surface area contributed by atoms with E-state index in [1.54, 1.807) is 22.8 Å². The van der Waals surface area contributed by atoms with Gasteiger partial charge in [-0.2, -0.15) is 0 Å². The van der Waals surface area contributed by atoms with Crippen molar-refractivity contribution in [2.24, 2.45) is 11.8 Å². The summed E-state index contributed by atoms with van der Waals surface area (Å²) in [6, 6.07) is 5.67. The Morgan fingerprint density at radius 1 is 1.15 bits per heavy atom. The second kappa shape index (κ2) is 7.72. The fraction of sp³-hybridized carbons (Fsp3) is 0.500. The number of nitrogens with one attached hydrogen (secondary N) is 1. The molecule has 7 nitrogen and oxygen atoms in total. The third kappa shape index (κ3) is 4.12. The van der Waals surface area contributed by atoms with Crippen molar-refractivity contribution in [2.75, 3.05) is 38.1 Å². The Labute approximate surface area is 151 Å². The highest BCUT2D eigenvalue weighted by Gasteiger charge is 2.49. The smallest absolute Gasteiger partial charge is 0.409 e. The van der Waals surface area contributed by atoms with Crippen LogP contribution in [0, 0.1) is 17.7 Å². The van der Waals surface area contributed by atoms with Crippen LogP contribution in [0.15, 0.2) is 24.3 Å². The van der Waals surface area contributed by atoms with Gasteiger partial charge in [-0.1, -0.05) is 6.07 Å². The molecule has 26 heavy (non-hydrogen) atoms. The van der Waals surface area contributed by atoms with E-state index in [4.69, 9.17) is 4.74 Å². The molecule has 1 saturated heterocycles. The van der Waals surface area contributed by atoms with Crippen molar-refractivity contribution in [1.82, 2.24) is 9.80 Å². The number of piperazine rings is 1. The standard InChI is InChI=1S/C18H22FN3O4/c1-2-26-18(25)22-8-6-21(7-9-22)17(24)15-11-14(15)16(23)20-13-5-3-4-12(19)10-13/h3-5,10,14-15H,2,6-9,11H2,1H3,(H,20,23). The summed E-state index contributed by atoms with van der Waals surface area (Å²) in [6.45, 7) is 3.80. The highest BCUT2D eigenvalue weighted by Crippen LogP contribution is 2.41. The van der Waals surface area contributed by atoms with E-state index in [-0.39, 0.29) is 29.7 Å². The number of halogens is 1. The van der Waals surface area contributed by atoms with E-state index < -0.39 is 5.82 Å². The number of hydrogen-bond acceptors (Lipinski definition) is 4. The maximum Gasteiger partial charge on any atom is 0.409 e. The summed E-state index contributed by atoms with van der Waals surface area (Å²) >= 11 is 0. The average molecular weight is 363 g/mol. The van der Waals surface area contributed by atoms with E-state index in [2.05, 4.69) is 5.32 Å². The molecule has 1 saturated carbocycles. The number of ether oxygens (including phenoxy) is 1. The van der Waals surface area contributed by atoms with E-state index in [0.29, 0.717) is 44.9 Å². The zero-order valence-electron chi connectivity index (χ0n) is 14.6. The zero-order chi connectivity index (χ0) is 18.7. The minimum Gasteiger partial charge on any atom is -0.450 e. The van der Waals surface area contributed by atoms with Gasteiger partial charge in [0.25, 0.3) is 0 Å². The molecule has 2 aliphatic rings. The number of anilines is 1. The summed E-state index contributed by atoms with van der Waals surface area (Å²) in [5, 5.41) is 2.65.